The minimum atomic E-state index is -2.84. The van der Waals surface area contributed by atoms with Crippen LogP contribution in [0.5, 0.6) is 0 Å². The SMILES string of the molecule is O=C([O-])C1CCN(C2CCS(=O)(=O)C2)CC1. The van der Waals surface area contributed by atoms with Crippen LogP contribution in [-0.4, -0.2) is 49.9 Å². The Hall–Kier alpha value is -0.620. The maximum absolute atomic E-state index is 11.3. The minimum absolute atomic E-state index is 0.104. The molecule has 2 fully saturated rings. The van der Waals surface area contributed by atoms with Crippen LogP contribution < -0.4 is 5.11 Å². The van der Waals surface area contributed by atoms with Crippen LogP contribution in [0.15, 0.2) is 0 Å². The van der Waals surface area contributed by atoms with Gasteiger partial charge in [0.15, 0.2) is 9.84 Å². The number of nitrogens with zero attached hydrogens (tertiary/aromatic N) is 1. The molecule has 16 heavy (non-hydrogen) atoms. The van der Waals surface area contributed by atoms with E-state index < -0.39 is 15.8 Å². The van der Waals surface area contributed by atoms with Gasteiger partial charge in [0.1, 0.15) is 0 Å². The van der Waals surface area contributed by atoms with Crippen molar-refractivity contribution < 1.29 is 18.3 Å². The van der Waals surface area contributed by atoms with Crippen LogP contribution in [0.1, 0.15) is 19.3 Å². The lowest BCUT2D eigenvalue weighted by molar-refractivity contribution is -0.312. The number of rotatable bonds is 2. The standard InChI is InChI=1S/C10H17NO4S/c12-10(13)8-1-4-11(5-2-8)9-3-6-16(14,15)7-9/h8-9H,1-7H2,(H,12,13)/p-1. The monoisotopic (exact) mass is 246 g/mol. The van der Waals surface area contributed by atoms with Crippen molar-refractivity contribution in [3.05, 3.63) is 0 Å². The fourth-order valence-electron chi connectivity index (χ4n) is 2.56. The number of sulfone groups is 1. The molecule has 2 heterocycles. The molecule has 92 valence electrons. The van der Waals surface area contributed by atoms with E-state index in [0.29, 0.717) is 32.4 Å². The van der Waals surface area contributed by atoms with Crippen LogP contribution >= 0.6 is 0 Å². The van der Waals surface area contributed by atoms with Crippen molar-refractivity contribution in [2.24, 2.45) is 5.92 Å². The molecule has 6 heteroatoms. The Morgan fingerprint density at radius 3 is 2.25 bits per heavy atom. The molecule has 0 amide bonds. The van der Waals surface area contributed by atoms with Crippen molar-refractivity contribution in [3.8, 4) is 0 Å². The number of carboxylic acids is 1. The van der Waals surface area contributed by atoms with Gasteiger partial charge in [-0.25, -0.2) is 8.42 Å². The lowest BCUT2D eigenvalue weighted by Gasteiger charge is -2.35. The predicted molar refractivity (Wildman–Crippen MR) is 56.4 cm³/mol. The number of carbonyl (C=O) groups excluding carboxylic acids is 1. The summed E-state index contributed by atoms with van der Waals surface area (Å²) in [5.41, 5.74) is 0. The first kappa shape index (κ1) is 11.9. The molecule has 0 radical (unpaired) electrons. The fraction of sp³-hybridized carbons (Fsp3) is 0.900. The van der Waals surface area contributed by atoms with E-state index in [2.05, 4.69) is 4.90 Å². The van der Waals surface area contributed by atoms with Crippen molar-refractivity contribution in [2.75, 3.05) is 24.6 Å². The average molecular weight is 246 g/mol. The van der Waals surface area contributed by atoms with Crippen molar-refractivity contribution in [3.63, 3.8) is 0 Å². The molecule has 5 nitrogen and oxygen atoms in total. The van der Waals surface area contributed by atoms with Gasteiger partial charge in [-0.05, 0) is 32.4 Å². The van der Waals surface area contributed by atoms with Gasteiger partial charge in [-0.2, -0.15) is 0 Å². The van der Waals surface area contributed by atoms with Gasteiger partial charge < -0.3 is 9.90 Å². The summed E-state index contributed by atoms with van der Waals surface area (Å²) in [6.45, 7) is 1.36. The molecule has 0 bridgehead atoms. The van der Waals surface area contributed by atoms with Crippen LogP contribution in [0, 0.1) is 5.92 Å². The highest BCUT2D eigenvalue weighted by Gasteiger charge is 2.34. The number of hydrogen-bond donors (Lipinski definition) is 0. The van der Waals surface area contributed by atoms with E-state index in [0.717, 1.165) is 0 Å². The highest BCUT2D eigenvalue weighted by molar-refractivity contribution is 7.91. The van der Waals surface area contributed by atoms with E-state index in [9.17, 15) is 18.3 Å². The molecule has 0 aromatic rings. The maximum Gasteiger partial charge on any atom is 0.151 e. The maximum atomic E-state index is 11.3. The zero-order valence-electron chi connectivity index (χ0n) is 9.09. The van der Waals surface area contributed by atoms with E-state index in [1.54, 1.807) is 0 Å². The normalized spacial score (nSPS) is 31.6. The Balaban J connectivity index is 1.88. The second-order valence-corrected chi connectivity index (χ2v) is 6.91. The summed E-state index contributed by atoms with van der Waals surface area (Å²) in [7, 11) is -2.84. The first-order valence-corrected chi connectivity index (χ1v) is 7.45. The molecule has 0 N–H and O–H groups in total. The van der Waals surface area contributed by atoms with Crippen molar-refractivity contribution >= 4 is 15.8 Å². The van der Waals surface area contributed by atoms with Crippen LogP contribution in [0.2, 0.25) is 0 Å². The molecule has 2 rings (SSSR count). The highest BCUT2D eigenvalue weighted by atomic mass is 32.2. The summed E-state index contributed by atoms with van der Waals surface area (Å²) in [5, 5.41) is 10.7. The largest absolute Gasteiger partial charge is 0.550 e. The van der Waals surface area contributed by atoms with Gasteiger partial charge in [0.05, 0.1) is 11.5 Å². The smallest absolute Gasteiger partial charge is 0.151 e. The number of carboxylic acid groups (broad SMARTS) is 1. The van der Waals surface area contributed by atoms with Crippen LogP contribution in [0.25, 0.3) is 0 Å². The third-order valence-corrected chi connectivity index (χ3v) is 5.34. The highest BCUT2D eigenvalue weighted by Crippen LogP contribution is 2.24. The summed E-state index contributed by atoms with van der Waals surface area (Å²) >= 11 is 0. The Bertz CT molecular complexity index is 370. The molecule has 0 spiro atoms. The van der Waals surface area contributed by atoms with Crippen LogP contribution in [0.3, 0.4) is 0 Å². The van der Waals surface area contributed by atoms with Gasteiger partial charge in [0.2, 0.25) is 0 Å². The summed E-state index contributed by atoms with van der Waals surface area (Å²) < 4.78 is 22.7. The molecule has 1 atom stereocenters. The Morgan fingerprint density at radius 2 is 1.81 bits per heavy atom. The van der Waals surface area contributed by atoms with Gasteiger partial charge in [-0.15, -0.1) is 0 Å². The second kappa shape index (κ2) is 4.33. The zero-order chi connectivity index (χ0) is 11.8. The van der Waals surface area contributed by atoms with E-state index in [4.69, 9.17) is 0 Å². The molecule has 2 aliphatic rings. The van der Waals surface area contributed by atoms with E-state index in [1.807, 2.05) is 0 Å². The number of aliphatic carboxylic acids is 1. The fourth-order valence-corrected chi connectivity index (χ4v) is 4.33. The van der Waals surface area contributed by atoms with Gasteiger partial charge in [-0.3, -0.25) is 4.90 Å². The zero-order valence-corrected chi connectivity index (χ0v) is 9.91. The second-order valence-electron chi connectivity index (χ2n) is 4.69. The molecular formula is C10H16NO4S-. The quantitative estimate of drug-likeness (QED) is 0.601. The summed E-state index contributed by atoms with van der Waals surface area (Å²) in [6, 6.07) is 0.104. The molecule has 0 saturated carbocycles. The third kappa shape index (κ3) is 2.55. The molecule has 2 saturated heterocycles. The topological polar surface area (TPSA) is 77.5 Å². The predicted octanol–water partition coefficient (Wildman–Crippen LogP) is -1.36. The minimum Gasteiger partial charge on any atom is -0.550 e. The third-order valence-electron chi connectivity index (χ3n) is 3.59. The van der Waals surface area contributed by atoms with Crippen LogP contribution in [-0.2, 0) is 14.6 Å². The Labute approximate surface area is 95.4 Å². The summed E-state index contributed by atoms with van der Waals surface area (Å²) in [6.07, 6.45) is 1.86. The molecule has 0 aromatic carbocycles. The Kier molecular flexibility index (Phi) is 3.21. The lowest BCUT2D eigenvalue weighted by Crippen LogP contribution is -2.45. The first-order valence-electron chi connectivity index (χ1n) is 5.63. The van der Waals surface area contributed by atoms with Crippen molar-refractivity contribution in [2.45, 2.75) is 25.3 Å². The van der Waals surface area contributed by atoms with Gasteiger partial charge in [-0.1, -0.05) is 0 Å². The molecule has 2 aliphatic heterocycles. The average Bonchev–Trinajstić information content (AvgIpc) is 2.59. The molecule has 0 aromatic heterocycles. The molecule has 0 aliphatic carbocycles. The van der Waals surface area contributed by atoms with Crippen molar-refractivity contribution in [1.29, 1.82) is 0 Å². The number of hydrogen-bond acceptors (Lipinski definition) is 5. The van der Waals surface area contributed by atoms with Gasteiger partial charge in [0.25, 0.3) is 0 Å². The number of carbonyl (C=O) groups is 1. The van der Waals surface area contributed by atoms with Gasteiger partial charge >= 0.3 is 0 Å². The van der Waals surface area contributed by atoms with E-state index >= 15 is 0 Å². The van der Waals surface area contributed by atoms with Gasteiger partial charge in [0, 0.05) is 17.9 Å². The molecular weight excluding hydrogens is 230 g/mol. The Morgan fingerprint density at radius 1 is 1.19 bits per heavy atom. The van der Waals surface area contributed by atoms with E-state index in [1.165, 1.54) is 0 Å². The summed E-state index contributed by atoms with van der Waals surface area (Å²) in [5.74, 6) is -0.811. The van der Waals surface area contributed by atoms with Crippen molar-refractivity contribution in [1.82, 2.24) is 4.90 Å². The number of likely N-dealkylation sites (tertiary alicyclic amines) is 1. The van der Waals surface area contributed by atoms with E-state index in [-0.39, 0.29) is 23.5 Å². The summed E-state index contributed by atoms with van der Waals surface area (Å²) in [4.78, 5) is 12.8. The van der Waals surface area contributed by atoms with Crippen LogP contribution in [0.4, 0.5) is 0 Å². The lowest BCUT2D eigenvalue weighted by atomic mass is 9.96. The molecule has 1 unspecified atom stereocenters. The number of piperidine rings is 1. The first-order chi connectivity index (χ1) is 7.48.